The molecule has 1 N–H and O–H groups in total. The zero-order valence-corrected chi connectivity index (χ0v) is 21.0. The molecule has 0 aliphatic carbocycles. The fourth-order valence-corrected chi connectivity index (χ4v) is 6.09. The van der Waals surface area contributed by atoms with Crippen LogP contribution in [0.3, 0.4) is 0 Å². The number of likely N-dealkylation sites (tertiary alicyclic amines) is 2. The molecule has 0 spiro atoms. The largest absolute Gasteiger partial charge is 0.444 e. The highest BCUT2D eigenvalue weighted by atomic mass is 32.2. The van der Waals surface area contributed by atoms with Gasteiger partial charge in [0, 0.05) is 44.3 Å². The predicted molar refractivity (Wildman–Crippen MR) is 133 cm³/mol. The lowest BCUT2D eigenvalue weighted by molar-refractivity contribution is -0.128. The molecule has 2 saturated heterocycles. The molecule has 10 heteroatoms. The van der Waals surface area contributed by atoms with Crippen LogP contribution in [0.4, 0.5) is 10.6 Å². The van der Waals surface area contributed by atoms with Gasteiger partial charge in [-0.2, -0.15) is 0 Å². The molecular weight excluding hydrogens is 452 g/mol. The number of carbonyl (C=O) groups excluding carboxylic acids is 2. The lowest BCUT2D eigenvalue weighted by Gasteiger charge is -2.39. The Bertz CT molecular complexity index is 1140. The molecule has 9 nitrogen and oxygen atoms in total. The molecule has 0 saturated carbocycles. The third-order valence-electron chi connectivity index (χ3n) is 6.77. The van der Waals surface area contributed by atoms with E-state index in [9.17, 15) is 9.59 Å². The number of hydrogen-bond acceptors (Lipinski definition) is 7. The first-order valence-corrected chi connectivity index (χ1v) is 12.9. The number of aromatic amines is 1. The van der Waals surface area contributed by atoms with Crippen molar-refractivity contribution in [1.82, 2.24) is 24.8 Å². The Labute approximate surface area is 203 Å². The fourth-order valence-electron chi connectivity index (χ4n) is 5.12. The van der Waals surface area contributed by atoms with E-state index in [0.717, 1.165) is 47.6 Å². The van der Waals surface area contributed by atoms with Crippen molar-refractivity contribution in [3.8, 4) is 0 Å². The molecule has 5 heterocycles. The van der Waals surface area contributed by atoms with Crippen molar-refractivity contribution in [3.63, 3.8) is 0 Å². The average Bonchev–Trinajstić information content (AvgIpc) is 3.41. The van der Waals surface area contributed by atoms with Crippen LogP contribution in [0.1, 0.15) is 39.2 Å². The minimum Gasteiger partial charge on any atom is -0.444 e. The Balaban J connectivity index is 1.33. The minimum atomic E-state index is -0.531. The highest BCUT2D eigenvalue weighted by Crippen LogP contribution is 2.35. The van der Waals surface area contributed by atoms with Crippen LogP contribution < -0.4 is 4.90 Å². The van der Waals surface area contributed by atoms with Crippen molar-refractivity contribution >= 4 is 40.6 Å². The molecule has 5 rings (SSSR count). The predicted octanol–water partition coefficient (Wildman–Crippen LogP) is 3.52. The number of piperidine rings is 1. The van der Waals surface area contributed by atoms with E-state index in [0.29, 0.717) is 30.5 Å². The second kappa shape index (κ2) is 8.79. The number of nitrogens with zero attached hydrogens (tertiary/aromatic N) is 5. The summed E-state index contributed by atoms with van der Waals surface area (Å²) in [5.74, 6) is 2.07. The number of thioether (sulfide) groups is 1. The number of fused-ring (bicyclic) bond motifs is 2. The van der Waals surface area contributed by atoms with E-state index in [2.05, 4.69) is 19.9 Å². The van der Waals surface area contributed by atoms with E-state index in [1.807, 2.05) is 49.9 Å². The summed E-state index contributed by atoms with van der Waals surface area (Å²) in [6, 6.07) is 0.0156. The molecule has 3 aliphatic rings. The molecular formula is C24H32N6O3S. The van der Waals surface area contributed by atoms with E-state index in [-0.39, 0.29) is 18.0 Å². The van der Waals surface area contributed by atoms with Gasteiger partial charge in [-0.05, 0) is 52.0 Å². The van der Waals surface area contributed by atoms with Crippen LogP contribution in [-0.2, 0) is 9.53 Å². The summed E-state index contributed by atoms with van der Waals surface area (Å²) in [4.78, 5) is 44.9. The zero-order valence-electron chi connectivity index (χ0n) is 20.2. The van der Waals surface area contributed by atoms with Crippen LogP contribution >= 0.6 is 11.8 Å². The number of carbonyl (C=O) groups is 2. The maximum atomic E-state index is 13.5. The summed E-state index contributed by atoms with van der Waals surface area (Å²) in [7, 11) is 0. The summed E-state index contributed by atoms with van der Waals surface area (Å²) < 4.78 is 5.63. The van der Waals surface area contributed by atoms with Crippen LogP contribution in [0.25, 0.3) is 11.0 Å². The van der Waals surface area contributed by atoms with Crippen molar-refractivity contribution in [3.05, 3.63) is 29.2 Å². The van der Waals surface area contributed by atoms with E-state index >= 15 is 0 Å². The van der Waals surface area contributed by atoms with Gasteiger partial charge in [0.25, 0.3) is 5.91 Å². The third kappa shape index (κ3) is 4.35. The first kappa shape index (κ1) is 23.0. The molecule has 2 amide bonds. The quantitative estimate of drug-likeness (QED) is 0.697. The van der Waals surface area contributed by atoms with Crippen LogP contribution in [0.2, 0.25) is 0 Å². The summed E-state index contributed by atoms with van der Waals surface area (Å²) >= 11 is 1.59. The van der Waals surface area contributed by atoms with E-state index < -0.39 is 5.60 Å². The smallest absolute Gasteiger partial charge is 0.410 e. The molecule has 34 heavy (non-hydrogen) atoms. The molecule has 2 fully saturated rings. The number of nitrogens with one attached hydrogen (secondary N) is 1. The van der Waals surface area contributed by atoms with Crippen LogP contribution in [0.15, 0.2) is 23.6 Å². The number of rotatable bonds is 2. The SMILES string of the molecule is Cc1c[nH]c2ncnc(N3C=C(C(=O)N4CC[C@H]5CCN(C(=O)OC(C)(C)C)[C@H]5C4)SCC3)c12. The number of hydrogen-bond donors (Lipinski definition) is 1. The molecule has 2 aromatic heterocycles. The Hall–Kier alpha value is -2.75. The number of aryl methyl sites for hydroxylation is 1. The summed E-state index contributed by atoms with van der Waals surface area (Å²) in [5.41, 5.74) is 1.35. The zero-order chi connectivity index (χ0) is 24.0. The molecule has 0 radical (unpaired) electrons. The van der Waals surface area contributed by atoms with Gasteiger partial charge in [-0.1, -0.05) is 0 Å². The van der Waals surface area contributed by atoms with Crippen molar-refractivity contribution in [2.45, 2.75) is 52.2 Å². The highest BCUT2D eigenvalue weighted by Gasteiger charge is 2.43. The Kier molecular flexibility index (Phi) is 5.95. The van der Waals surface area contributed by atoms with Gasteiger partial charge in [-0.3, -0.25) is 4.79 Å². The molecule has 0 aromatic carbocycles. The molecule has 3 aliphatic heterocycles. The number of H-pyrrole nitrogens is 1. The van der Waals surface area contributed by atoms with Crippen LogP contribution in [0, 0.1) is 12.8 Å². The maximum absolute atomic E-state index is 13.5. The molecule has 182 valence electrons. The van der Waals surface area contributed by atoms with E-state index in [4.69, 9.17) is 4.74 Å². The summed E-state index contributed by atoms with van der Waals surface area (Å²) in [6.07, 6.45) is 7.02. The molecule has 2 aromatic rings. The number of amides is 2. The van der Waals surface area contributed by atoms with Gasteiger partial charge in [0.1, 0.15) is 23.4 Å². The van der Waals surface area contributed by atoms with Gasteiger partial charge in [-0.15, -0.1) is 11.8 Å². The lowest BCUT2D eigenvalue weighted by atomic mass is 9.92. The van der Waals surface area contributed by atoms with Crippen molar-refractivity contribution in [2.24, 2.45) is 5.92 Å². The number of anilines is 1. The topological polar surface area (TPSA) is 94.7 Å². The fraction of sp³-hybridized carbons (Fsp3) is 0.583. The Morgan fingerprint density at radius 3 is 2.76 bits per heavy atom. The first-order chi connectivity index (χ1) is 16.2. The van der Waals surface area contributed by atoms with Gasteiger partial charge in [0.05, 0.1) is 16.3 Å². The second-order valence-electron chi connectivity index (χ2n) is 10.3. The van der Waals surface area contributed by atoms with Crippen LogP contribution in [0.5, 0.6) is 0 Å². The first-order valence-electron chi connectivity index (χ1n) is 11.9. The Morgan fingerprint density at radius 2 is 1.97 bits per heavy atom. The number of aromatic nitrogens is 3. The van der Waals surface area contributed by atoms with Gasteiger partial charge >= 0.3 is 6.09 Å². The van der Waals surface area contributed by atoms with Crippen molar-refractivity contribution in [2.75, 3.05) is 36.8 Å². The van der Waals surface area contributed by atoms with Crippen molar-refractivity contribution in [1.29, 1.82) is 0 Å². The van der Waals surface area contributed by atoms with E-state index in [1.54, 1.807) is 18.1 Å². The molecule has 0 unspecified atom stereocenters. The highest BCUT2D eigenvalue weighted by molar-refractivity contribution is 8.04. The number of ether oxygens (including phenoxy) is 1. The summed E-state index contributed by atoms with van der Waals surface area (Å²) in [6.45, 7) is 10.4. The normalized spacial score (nSPS) is 23.2. The van der Waals surface area contributed by atoms with E-state index in [1.165, 1.54) is 0 Å². The Morgan fingerprint density at radius 1 is 1.18 bits per heavy atom. The van der Waals surface area contributed by atoms with Crippen molar-refractivity contribution < 1.29 is 14.3 Å². The van der Waals surface area contributed by atoms with Gasteiger partial charge in [-0.25, -0.2) is 14.8 Å². The lowest BCUT2D eigenvalue weighted by Crippen LogP contribution is -2.52. The van der Waals surface area contributed by atoms with Crippen LogP contribution in [-0.4, -0.2) is 80.3 Å². The summed E-state index contributed by atoms with van der Waals surface area (Å²) in [5, 5.41) is 0.984. The van der Waals surface area contributed by atoms with Gasteiger partial charge < -0.3 is 24.4 Å². The standard InChI is InChI=1S/C24H32N6O3S/c1-15-11-25-20-19(15)21(27-14-26-20)28-9-10-34-18(13-28)22(31)29-7-5-16-6-8-30(17(16)12-29)23(32)33-24(2,3)4/h11,13-14,16-17H,5-10,12H2,1-4H3,(H,25,26,27)/t16-,17-/m0/s1. The molecule has 2 atom stereocenters. The molecule has 0 bridgehead atoms. The average molecular weight is 485 g/mol. The van der Waals surface area contributed by atoms with Gasteiger partial charge in [0.15, 0.2) is 0 Å². The second-order valence-corrected chi connectivity index (χ2v) is 11.4. The minimum absolute atomic E-state index is 0.0156. The maximum Gasteiger partial charge on any atom is 0.410 e. The monoisotopic (exact) mass is 484 g/mol. The van der Waals surface area contributed by atoms with Gasteiger partial charge in [0.2, 0.25) is 0 Å². The third-order valence-corrected chi connectivity index (χ3v) is 7.75.